The van der Waals surface area contributed by atoms with E-state index < -0.39 is 5.82 Å². The van der Waals surface area contributed by atoms with Crippen LogP contribution in [0.3, 0.4) is 0 Å². The summed E-state index contributed by atoms with van der Waals surface area (Å²) in [5, 5.41) is 5.25. The van der Waals surface area contributed by atoms with Crippen LogP contribution in [0, 0.1) is 5.82 Å². The molecule has 0 radical (unpaired) electrons. The van der Waals surface area contributed by atoms with E-state index in [1.807, 2.05) is 6.26 Å². The van der Waals surface area contributed by atoms with Gasteiger partial charge in [0.2, 0.25) is 0 Å². The minimum Gasteiger partial charge on any atom is -0.339 e. The average Bonchev–Trinajstić information content (AvgIpc) is 2.96. The third-order valence-electron chi connectivity index (χ3n) is 4.16. The second kappa shape index (κ2) is 6.50. The van der Waals surface area contributed by atoms with Gasteiger partial charge in [0, 0.05) is 10.6 Å². The Morgan fingerprint density at radius 2 is 2.08 bits per heavy atom. The SMILES string of the molecule is CSc1nc(Nc2ccc(F)c(Cl)c2)c2c3c(sc2n1)CCCC3. The summed E-state index contributed by atoms with van der Waals surface area (Å²) in [5.41, 5.74) is 2.09. The van der Waals surface area contributed by atoms with Gasteiger partial charge in [-0.05, 0) is 55.7 Å². The molecule has 24 heavy (non-hydrogen) atoms. The number of nitrogens with one attached hydrogen (secondary N) is 1. The number of anilines is 2. The van der Waals surface area contributed by atoms with Crippen LogP contribution in [0.5, 0.6) is 0 Å². The maximum Gasteiger partial charge on any atom is 0.190 e. The van der Waals surface area contributed by atoms with Gasteiger partial charge >= 0.3 is 0 Å². The van der Waals surface area contributed by atoms with E-state index in [9.17, 15) is 4.39 Å². The summed E-state index contributed by atoms with van der Waals surface area (Å²) in [6.45, 7) is 0. The summed E-state index contributed by atoms with van der Waals surface area (Å²) in [6.07, 6.45) is 6.58. The van der Waals surface area contributed by atoms with Gasteiger partial charge in [-0.2, -0.15) is 0 Å². The highest BCUT2D eigenvalue weighted by molar-refractivity contribution is 7.98. The van der Waals surface area contributed by atoms with Crippen LogP contribution < -0.4 is 5.32 Å². The zero-order valence-corrected chi connectivity index (χ0v) is 15.4. The molecule has 0 bridgehead atoms. The second-order valence-electron chi connectivity index (χ2n) is 5.70. The van der Waals surface area contributed by atoms with Crippen molar-refractivity contribution >= 4 is 56.4 Å². The second-order valence-corrected chi connectivity index (χ2v) is 7.97. The Labute approximate surface area is 152 Å². The molecule has 3 aromatic rings. The van der Waals surface area contributed by atoms with Crippen molar-refractivity contribution in [2.24, 2.45) is 0 Å². The van der Waals surface area contributed by atoms with Crippen molar-refractivity contribution in [2.75, 3.05) is 11.6 Å². The number of fused-ring (bicyclic) bond motifs is 3. The lowest BCUT2D eigenvalue weighted by molar-refractivity contribution is 0.628. The van der Waals surface area contributed by atoms with Crippen molar-refractivity contribution in [2.45, 2.75) is 30.8 Å². The number of thiophene rings is 1. The number of rotatable bonds is 3. The van der Waals surface area contributed by atoms with E-state index in [1.165, 1.54) is 41.1 Å². The highest BCUT2D eigenvalue weighted by atomic mass is 35.5. The van der Waals surface area contributed by atoms with Crippen molar-refractivity contribution in [1.82, 2.24) is 9.97 Å². The zero-order valence-electron chi connectivity index (χ0n) is 13.0. The molecule has 7 heteroatoms. The predicted octanol–water partition coefficient (Wildman–Crippen LogP) is 5.83. The standard InChI is InChI=1S/C17H15ClFN3S2/c1-23-17-21-15(20-9-6-7-12(19)11(18)8-9)14-10-4-2-3-5-13(10)24-16(14)22-17/h6-8H,2-5H2,1H3,(H,20,21,22). The van der Waals surface area contributed by atoms with Gasteiger partial charge in [0.15, 0.2) is 5.16 Å². The third-order valence-corrected chi connectivity index (χ3v) is 6.18. The Hall–Kier alpha value is -1.37. The Balaban J connectivity index is 1.85. The minimum atomic E-state index is -0.423. The van der Waals surface area contributed by atoms with E-state index in [-0.39, 0.29) is 5.02 Å². The van der Waals surface area contributed by atoms with E-state index in [2.05, 4.69) is 15.3 Å². The lowest BCUT2D eigenvalue weighted by atomic mass is 9.97. The lowest BCUT2D eigenvalue weighted by Gasteiger charge is -2.13. The first-order valence-corrected chi connectivity index (χ1v) is 10.2. The molecular weight excluding hydrogens is 365 g/mol. The molecule has 0 unspecified atom stereocenters. The summed E-state index contributed by atoms with van der Waals surface area (Å²) >= 11 is 9.19. The molecule has 1 aliphatic rings. The number of hydrogen-bond acceptors (Lipinski definition) is 5. The van der Waals surface area contributed by atoms with E-state index in [0.717, 1.165) is 39.7 Å². The predicted molar refractivity (Wildman–Crippen MR) is 101 cm³/mol. The van der Waals surface area contributed by atoms with Crippen molar-refractivity contribution < 1.29 is 4.39 Å². The van der Waals surface area contributed by atoms with Gasteiger partial charge in [0.1, 0.15) is 16.5 Å². The summed E-state index contributed by atoms with van der Waals surface area (Å²) in [7, 11) is 0. The largest absolute Gasteiger partial charge is 0.339 e. The number of hydrogen-bond donors (Lipinski definition) is 1. The molecule has 1 aliphatic carbocycles. The van der Waals surface area contributed by atoms with Gasteiger partial charge < -0.3 is 5.32 Å². The lowest BCUT2D eigenvalue weighted by Crippen LogP contribution is -2.02. The highest BCUT2D eigenvalue weighted by Gasteiger charge is 2.21. The van der Waals surface area contributed by atoms with Gasteiger partial charge in [-0.1, -0.05) is 23.4 Å². The van der Waals surface area contributed by atoms with Crippen LogP contribution in [0.25, 0.3) is 10.2 Å². The molecular formula is C17H15ClFN3S2. The van der Waals surface area contributed by atoms with E-state index in [1.54, 1.807) is 23.5 Å². The molecule has 0 fully saturated rings. The fourth-order valence-electron chi connectivity index (χ4n) is 3.03. The van der Waals surface area contributed by atoms with Crippen molar-refractivity contribution in [1.29, 1.82) is 0 Å². The molecule has 4 rings (SSSR count). The third kappa shape index (κ3) is 2.87. The number of aromatic nitrogens is 2. The van der Waals surface area contributed by atoms with Crippen LogP contribution in [-0.2, 0) is 12.8 Å². The number of halogens is 2. The fourth-order valence-corrected chi connectivity index (χ4v) is 4.89. The molecule has 1 aromatic carbocycles. The van der Waals surface area contributed by atoms with Gasteiger partial charge in [-0.25, -0.2) is 14.4 Å². The molecule has 3 nitrogen and oxygen atoms in total. The maximum absolute atomic E-state index is 13.4. The molecule has 0 spiro atoms. The Morgan fingerprint density at radius 1 is 1.25 bits per heavy atom. The van der Waals surface area contributed by atoms with Crippen LogP contribution >= 0.6 is 34.7 Å². The number of aryl methyl sites for hydroxylation is 2. The zero-order chi connectivity index (χ0) is 16.7. The fraction of sp³-hybridized carbons (Fsp3) is 0.294. The van der Waals surface area contributed by atoms with Crippen molar-refractivity contribution in [3.63, 3.8) is 0 Å². The summed E-state index contributed by atoms with van der Waals surface area (Å²) < 4.78 is 13.4. The molecule has 0 amide bonds. The molecule has 1 N–H and O–H groups in total. The average molecular weight is 380 g/mol. The first-order chi connectivity index (χ1) is 11.7. The topological polar surface area (TPSA) is 37.8 Å². The van der Waals surface area contributed by atoms with E-state index in [4.69, 9.17) is 11.6 Å². The molecule has 0 saturated carbocycles. The summed E-state index contributed by atoms with van der Waals surface area (Å²) in [6, 6.07) is 4.62. The van der Waals surface area contributed by atoms with Crippen LogP contribution in [0.4, 0.5) is 15.9 Å². The summed E-state index contributed by atoms with van der Waals surface area (Å²) in [4.78, 5) is 11.8. The molecule has 124 valence electrons. The maximum atomic E-state index is 13.4. The number of benzene rings is 1. The van der Waals surface area contributed by atoms with Crippen molar-refractivity contribution in [3.8, 4) is 0 Å². The molecule has 0 aliphatic heterocycles. The van der Waals surface area contributed by atoms with Crippen LogP contribution in [-0.4, -0.2) is 16.2 Å². The van der Waals surface area contributed by atoms with Crippen LogP contribution in [0.1, 0.15) is 23.3 Å². The Morgan fingerprint density at radius 3 is 2.88 bits per heavy atom. The first kappa shape index (κ1) is 16.1. The quantitative estimate of drug-likeness (QED) is 0.459. The minimum absolute atomic E-state index is 0.0998. The molecule has 0 saturated heterocycles. The molecule has 0 atom stereocenters. The van der Waals surface area contributed by atoms with Gasteiger partial charge in [-0.3, -0.25) is 0 Å². The van der Waals surface area contributed by atoms with Crippen LogP contribution in [0.2, 0.25) is 5.02 Å². The summed E-state index contributed by atoms with van der Waals surface area (Å²) in [5.74, 6) is 0.360. The first-order valence-electron chi connectivity index (χ1n) is 7.74. The molecule has 2 aromatic heterocycles. The van der Waals surface area contributed by atoms with Gasteiger partial charge in [0.25, 0.3) is 0 Å². The Kier molecular flexibility index (Phi) is 4.37. The molecule has 2 heterocycles. The Bertz CT molecular complexity index is 926. The monoisotopic (exact) mass is 379 g/mol. The van der Waals surface area contributed by atoms with E-state index in [0.29, 0.717) is 0 Å². The number of nitrogens with zero attached hydrogens (tertiary/aromatic N) is 2. The van der Waals surface area contributed by atoms with Crippen LogP contribution in [0.15, 0.2) is 23.4 Å². The van der Waals surface area contributed by atoms with Gasteiger partial charge in [-0.15, -0.1) is 11.3 Å². The smallest absolute Gasteiger partial charge is 0.190 e. The number of thioether (sulfide) groups is 1. The van der Waals surface area contributed by atoms with E-state index >= 15 is 0 Å². The van der Waals surface area contributed by atoms with Gasteiger partial charge in [0.05, 0.1) is 10.4 Å². The highest BCUT2D eigenvalue weighted by Crippen LogP contribution is 2.40. The van der Waals surface area contributed by atoms with Crippen molar-refractivity contribution in [3.05, 3.63) is 39.5 Å². The normalized spacial score (nSPS) is 14.0.